The molecule has 7 heteroatoms. The molecule has 0 spiro atoms. The van der Waals surface area contributed by atoms with Crippen LogP contribution in [0.3, 0.4) is 0 Å². The first kappa shape index (κ1) is 18.3. The third-order valence-corrected chi connectivity index (χ3v) is 4.20. The molecular weight excluding hydrogens is 377 g/mol. The van der Waals surface area contributed by atoms with Gasteiger partial charge in [0.2, 0.25) is 0 Å². The van der Waals surface area contributed by atoms with Gasteiger partial charge in [0.25, 0.3) is 0 Å². The summed E-state index contributed by atoms with van der Waals surface area (Å²) < 4.78 is 16.1. The number of nitrogens with zero attached hydrogens (tertiary/aromatic N) is 1. The normalized spacial score (nSPS) is 10.6. The number of carbonyl (C=O) groups excluding carboxylic acids is 1. The van der Waals surface area contributed by atoms with Crippen molar-refractivity contribution in [3.8, 4) is 17.2 Å². The number of methoxy groups -OCH3 is 1. The van der Waals surface area contributed by atoms with Crippen molar-refractivity contribution in [1.82, 2.24) is 4.98 Å². The molecule has 0 aliphatic rings. The maximum atomic E-state index is 12.2. The molecule has 0 N–H and O–H groups in total. The number of aromatic nitrogens is 1. The zero-order chi connectivity index (χ0) is 18.7. The summed E-state index contributed by atoms with van der Waals surface area (Å²) in [5.41, 5.74) is 1.17. The SMILES string of the molecule is COc1ccccc1OCC(=O)Oc1c(Cl)cc(Cl)c2ccc(C)nc12. The lowest BCUT2D eigenvalue weighted by molar-refractivity contribution is -0.136. The Hall–Kier alpha value is -2.50. The van der Waals surface area contributed by atoms with Crippen LogP contribution in [0, 0.1) is 6.92 Å². The Labute approximate surface area is 160 Å². The van der Waals surface area contributed by atoms with Crippen LogP contribution >= 0.6 is 23.2 Å². The second-order valence-corrected chi connectivity index (χ2v) is 6.25. The van der Waals surface area contributed by atoms with E-state index in [0.29, 0.717) is 27.4 Å². The Balaban J connectivity index is 1.82. The van der Waals surface area contributed by atoms with E-state index in [1.165, 1.54) is 13.2 Å². The first-order chi connectivity index (χ1) is 12.5. The summed E-state index contributed by atoms with van der Waals surface area (Å²) in [6.07, 6.45) is 0. The number of ether oxygens (including phenoxy) is 3. The van der Waals surface area contributed by atoms with Gasteiger partial charge in [-0.3, -0.25) is 0 Å². The molecule has 0 saturated carbocycles. The van der Waals surface area contributed by atoms with Crippen molar-refractivity contribution in [3.05, 3.63) is 58.2 Å². The van der Waals surface area contributed by atoms with E-state index in [0.717, 1.165) is 5.69 Å². The number of pyridine rings is 1. The summed E-state index contributed by atoms with van der Waals surface area (Å²) in [7, 11) is 1.52. The molecule has 0 aliphatic heterocycles. The average Bonchev–Trinajstić information content (AvgIpc) is 2.63. The minimum absolute atomic E-state index is 0.156. The smallest absolute Gasteiger partial charge is 0.349 e. The van der Waals surface area contributed by atoms with Crippen LogP contribution in [-0.2, 0) is 4.79 Å². The molecule has 0 bridgehead atoms. The van der Waals surface area contributed by atoms with E-state index in [4.69, 9.17) is 37.4 Å². The van der Waals surface area contributed by atoms with Gasteiger partial charge in [0.15, 0.2) is 23.9 Å². The molecule has 5 nitrogen and oxygen atoms in total. The van der Waals surface area contributed by atoms with E-state index in [9.17, 15) is 4.79 Å². The highest BCUT2D eigenvalue weighted by atomic mass is 35.5. The topological polar surface area (TPSA) is 57.7 Å². The second-order valence-electron chi connectivity index (χ2n) is 5.43. The lowest BCUT2D eigenvalue weighted by Crippen LogP contribution is -2.18. The van der Waals surface area contributed by atoms with Crippen molar-refractivity contribution >= 4 is 40.1 Å². The molecule has 0 amide bonds. The highest BCUT2D eigenvalue weighted by Crippen LogP contribution is 2.37. The number of para-hydroxylation sites is 2. The van der Waals surface area contributed by atoms with Crippen LogP contribution in [0.1, 0.15) is 5.69 Å². The molecule has 0 saturated heterocycles. The average molecular weight is 392 g/mol. The van der Waals surface area contributed by atoms with Gasteiger partial charge in [-0.25, -0.2) is 9.78 Å². The van der Waals surface area contributed by atoms with Gasteiger partial charge in [-0.15, -0.1) is 0 Å². The Bertz CT molecular complexity index is 975. The van der Waals surface area contributed by atoms with Gasteiger partial charge >= 0.3 is 5.97 Å². The highest BCUT2D eigenvalue weighted by Gasteiger charge is 2.17. The first-order valence-corrected chi connectivity index (χ1v) is 8.47. The van der Waals surface area contributed by atoms with Crippen molar-refractivity contribution in [3.63, 3.8) is 0 Å². The van der Waals surface area contributed by atoms with E-state index in [1.807, 2.05) is 13.0 Å². The van der Waals surface area contributed by atoms with Crippen molar-refractivity contribution < 1.29 is 19.0 Å². The van der Waals surface area contributed by atoms with Crippen LogP contribution in [-0.4, -0.2) is 24.7 Å². The number of rotatable bonds is 5. The molecule has 134 valence electrons. The number of esters is 1. The zero-order valence-corrected chi connectivity index (χ0v) is 15.6. The molecule has 0 radical (unpaired) electrons. The lowest BCUT2D eigenvalue weighted by Gasteiger charge is -2.12. The molecule has 0 aliphatic carbocycles. The number of fused-ring (bicyclic) bond motifs is 1. The molecular formula is C19H15Cl2NO4. The minimum atomic E-state index is -0.621. The van der Waals surface area contributed by atoms with E-state index in [2.05, 4.69) is 4.98 Å². The van der Waals surface area contributed by atoms with Crippen LogP contribution < -0.4 is 14.2 Å². The molecule has 1 heterocycles. The number of halogens is 2. The van der Waals surface area contributed by atoms with Crippen molar-refractivity contribution in [2.45, 2.75) is 6.92 Å². The summed E-state index contributed by atoms with van der Waals surface area (Å²) in [6, 6.07) is 12.2. The summed E-state index contributed by atoms with van der Waals surface area (Å²) in [6.45, 7) is 1.51. The molecule has 0 fully saturated rings. The minimum Gasteiger partial charge on any atom is -0.493 e. The third-order valence-electron chi connectivity index (χ3n) is 3.61. The van der Waals surface area contributed by atoms with Gasteiger partial charge in [0.05, 0.1) is 17.2 Å². The van der Waals surface area contributed by atoms with E-state index in [-0.39, 0.29) is 17.4 Å². The van der Waals surface area contributed by atoms with Gasteiger partial charge in [0.1, 0.15) is 5.52 Å². The predicted octanol–water partition coefficient (Wildman–Crippen LogP) is 4.84. The molecule has 0 atom stereocenters. The largest absolute Gasteiger partial charge is 0.493 e. The molecule has 3 rings (SSSR count). The van der Waals surface area contributed by atoms with Crippen molar-refractivity contribution in [1.29, 1.82) is 0 Å². The number of hydrogen-bond donors (Lipinski definition) is 0. The van der Waals surface area contributed by atoms with Gasteiger partial charge < -0.3 is 14.2 Å². The maximum absolute atomic E-state index is 12.2. The predicted molar refractivity (Wildman–Crippen MR) is 101 cm³/mol. The van der Waals surface area contributed by atoms with Crippen LogP contribution in [0.4, 0.5) is 0 Å². The summed E-state index contributed by atoms with van der Waals surface area (Å²) in [5.74, 6) is 0.494. The third kappa shape index (κ3) is 3.84. The van der Waals surface area contributed by atoms with Crippen molar-refractivity contribution in [2.75, 3.05) is 13.7 Å². The fourth-order valence-corrected chi connectivity index (χ4v) is 2.96. The molecule has 0 unspecified atom stereocenters. The number of hydrogen-bond acceptors (Lipinski definition) is 5. The Morgan fingerprint density at radius 2 is 1.81 bits per heavy atom. The monoisotopic (exact) mass is 391 g/mol. The Morgan fingerprint density at radius 3 is 2.54 bits per heavy atom. The quantitative estimate of drug-likeness (QED) is 0.459. The van der Waals surface area contributed by atoms with E-state index < -0.39 is 5.97 Å². The lowest BCUT2D eigenvalue weighted by atomic mass is 10.2. The fourth-order valence-electron chi connectivity index (χ4n) is 2.41. The zero-order valence-electron chi connectivity index (χ0n) is 14.1. The molecule has 26 heavy (non-hydrogen) atoms. The van der Waals surface area contributed by atoms with Gasteiger partial charge in [0, 0.05) is 11.1 Å². The number of aryl methyl sites for hydroxylation is 1. The van der Waals surface area contributed by atoms with E-state index >= 15 is 0 Å². The summed E-state index contributed by atoms with van der Waals surface area (Å²) in [5, 5.41) is 1.28. The first-order valence-electron chi connectivity index (χ1n) is 7.71. The van der Waals surface area contributed by atoms with E-state index in [1.54, 1.807) is 30.3 Å². The summed E-state index contributed by atoms with van der Waals surface area (Å²) >= 11 is 12.4. The summed E-state index contributed by atoms with van der Waals surface area (Å²) in [4.78, 5) is 16.6. The van der Waals surface area contributed by atoms with Gasteiger partial charge in [-0.1, -0.05) is 35.3 Å². The van der Waals surface area contributed by atoms with Crippen LogP contribution in [0.25, 0.3) is 10.9 Å². The van der Waals surface area contributed by atoms with Crippen LogP contribution in [0.2, 0.25) is 10.0 Å². The highest BCUT2D eigenvalue weighted by molar-refractivity contribution is 6.39. The standard InChI is InChI=1S/C19H15Cl2NO4/c1-11-7-8-12-13(20)9-14(21)19(18(12)22-11)26-17(23)10-25-16-6-4-3-5-15(16)24-2/h3-9H,10H2,1-2H3. The Morgan fingerprint density at radius 1 is 1.08 bits per heavy atom. The van der Waals surface area contributed by atoms with Crippen molar-refractivity contribution in [2.24, 2.45) is 0 Å². The number of benzene rings is 2. The number of carbonyl (C=O) groups is 1. The molecule has 2 aromatic carbocycles. The van der Waals surface area contributed by atoms with Gasteiger partial charge in [-0.2, -0.15) is 0 Å². The fraction of sp³-hybridized carbons (Fsp3) is 0.158. The van der Waals surface area contributed by atoms with Crippen LogP contribution in [0.15, 0.2) is 42.5 Å². The van der Waals surface area contributed by atoms with Gasteiger partial charge in [-0.05, 0) is 37.3 Å². The Kier molecular flexibility index (Phi) is 5.49. The van der Waals surface area contributed by atoms with Crippen LogP contribution in [0.5, 0.6) is 17.2 Å². The maximum Gasteiger partial charge on any atom is 0.349 e. The molecule has 1 aromatic heterocycles. The second kappa shape index (κ2) is 7.81. The molecule has 3 aromatic rings.